The molecule has 2 aromatic rings. The summed E-state index contributed by atoms with van der Waals surface area (Å²) in [6.45, 7) is 0. The number of hydrogen-bond acceptors (Lipinski definition) is 6. The Bertz CT molecular complexity index is 741. The lowest BCUT2D eigenvalue weighted by molar-refractivity contribution is 0.106. The molecule has 6 nitrogen and oxygen atoms in total. The average molecular weight is 346 g/mol. The van der Waals surface area contributed by atoms with E-state index in [0.717, 1.165) is 5.75 Å². The molecule has 2 aromatic carbocycles. The molecule has 0 heterocycles. The number of halogens is 1. The fourth-order valence-electron chi connectivity index (χ4n) is 1.78. The second kappa shape index (κ2) is 8.69. The zero-order valence-corrected chi connectivity index (χ0v) is 13.9. The van der Waals surface area contributed by atoms with Gasteiger partial charge in [0.15, 0.2) is 5.71 Å². The molecule has 1 N–H and O–H groups in total. The predicted octanol–water partition coefficient (Wildman–Crippen LogP) is 3.63. The van der Waals surface area contributed by atoms with Crippen LogP contribution in [0.4, 0.5) is 5.69 Å². The van der Waals surface area contributed by atoms with Gasteiger partial charge in [-0.2, -0.15) is 5.10 Å². The monoisotopic (exact) mass is 345 g/mol. The number of anilines is 1. The first-order valence-corrected chi connectivity index (χ1v) is 7.36. The second-order valence-corrected chi connectivity index (χ2v) is 5.03. The summed E-state index contributed by atoms with van der Waals surface area (Å²) in [6.07, 6.45) is 1.24. The van der Waals surface area contributed by atoms with Crippen LogP contribution in [0.15, 0.2) is 58.8 Å². The van der Waals surface area contributed by atoms with Gasteiger partial charge in [0, 0.05) is 10.6 Å². The molecule has 0 unspecified atom stereocenters. The van der Waals surface area contributed by atoms with Crippen molar-refractivity contribution < 1.29 is 14.4 Å². The van der Waals surface area contributed by atoms with Crippen LogP contribution in [0.5, 0.6) is 5.75 Å². The van der Waals surface area contributed by atoms with Crippen LogP contribution in [-0.2, 0) is 4.84 Å². The highest BCUT2D eigenvalue weighted by Gasteiger charge is 2.13. The lowest BCUT2D eigenvalue weighted by Gasteiger charge is -2.05. The SMILES string of the molecule is CON=CC(=NNc1ccc(OC)cc1)C(=O)c1ccc(Cl)cc1. The number of Topliss-reactive ketones (excluding diaryl/α,β-unsaturated/α-hetero) is 1. The van der Waals surface area contributed by atoms with Crippen molar-refractivity contribution >= 4 is 35.0 Å². The minimum absolute atomic E-state index is 0.0926. The van der Waals surface area contributed by atoms with E-state index in [4.69, 9.17) is 16.3 Å². The van der Waals surface area contributed by atoms with Gasteiger partial charge in [0.25, 0.3) is 0 Å². The van der Waals surface area contributed by atoms with Gasteiger partial charge in [-0.1, -0.05) is 16.8 Å². The van der Waals surface area contributed by atoms with Crippen LogP contribution >= 0.6 is 11.6 Å². The average Bonchev–Trinajstić information content (AvgIpc) is 2.62. The maximum atomic E-state index is 12.5. The second-order valence-electron chi connectivity index (χ2n) is 4.59. The Labute approximate surface area is 144 Å². The molecule has 0 bridgehead atoms. The first-order chi connectivity index (χ1) is 11.6. The predicted molar refractivity (Wildman–Crippen MR) is 95.3 cm³/mol. The highest BCUT2D eigenvalue weighted by atomic mass is 35.5. The van der Waals surface area contributed by atoms with Crippen LogP contribution in [0, 0.1) is 0 Å². The number of nitrogens with one attached hydrogen (secondary N) is 1. The molecule has 0 spiro atoms. The van der Waals surface area contributed by atoms with Crippen molar-refractivity contribution in [3.63, 3.8) is 0 Å². The Morgan fingerprint density at radius 3 is 2.33 bits per heavy atom. The third kappa shape index (κ3) is 4.82. The Morgan fingerprint density at radius 1 is 1.08 bits per heavy atom. The van der Waals surface area contributed by atoms with Gasteiger partial charge >= 0.3 is 0 Å². The Morgan fingerprint density at radius 2 is 1.75 bits per heavy atom. The molecule has 124 valence electrons. The van der Waals surface area contributed by atoms with Gasteiger partial charge in [-0.15, -0.1) is 0 Å². The highest BCUT2D eigenvalue weighted by molar-refractivity contribution is 6.64. The van der Waals surface area contributed by atoms with Gasteiger partial charge in [-0.05, 0) is 48.5 Å². The van der Waals surface area contributed by atoms with Gasteiger partial charge in [-0.25, -0.2) is 0 Å². The smallest absolute Gasteiger partial charge is 0.214 e. The van der Waals surface area contributed by atoms with Gasteiger partial charge in [0.05, 0.1) is 19.0 Å². The number of carbonyl (C=O) groups is 1. The Balaban J connectivity index is 2.21. The minimum atomic E-state index is -0.312. The van der Waals surface area contributed by atoms with Crippen molar-refractivity contribution in [2.75, 3.05) is 19.6 Å². The van der Waals surface area contributed by atoms with Crippen LogP contribution in [0.25, 0.3) is 0 Å². The minimum Gasteiger partial charge on any atom is -0.497 e. The van der Waals surface area contributed by atoms with Crippen molar-refractivity contribution in [1.29, 1.82) is 0 Å². The number of benzene rings is 2. The summed E-state index contributed by atoms with van der Waals surface area (Å²) in [5.41, 5.74) is 4.04. The molecule has 0 atom stereocenters. The summed E-state index contributed by atoms with van der Waals surface area (Å²) in [5.74, 6) is 0.413. The summed E-state index contributed by atoms with van der Waals surface area (Å²) in [4.78, 5) is 17.1. The first kappa shape index (κ1) is 17.5. The maximum absolute atomic E-state index is 12.5. The number of hydrazone groups is 1. The molecular weight excluding hydrogens is 330 g/mol. The molecule has 0 fully saturated rings. The number of ketones is 1. The van der Waals surface area contributed by atoms with E-state index in [9.17, 15) is 4.79 Å². The topological polar surface area (TPSA) is 72.3 Å². The summed E-state index contributed by atoms with van der Waals surface area (Å²) in [5, 5.41) is 8.26. The summed E-state index contributed by atoms with van der Waals surface area (Å²) in [6, 6.07) is 13.6. The summed E-state index contributed by atoms with van der Waals surface area (Å²) in [7, 11) is 2.97. The zero-order chi connectivity index (χ0) is 17.4. The van der Waals surface area contributed by atoms with Crippen LogP contribution in [-0.4, -0.2) is 31.9 Å². The van der Waals surface area contributed by atoms with Crippen LogP contribution in [0.2, 0.25) is 5.02 Å². The molecule has 0 saturated heterocycles. The molecule has 0 aromatic heterocycles. The standard InChI is InChI=1S/C17H16ClN3O3/c1-23-15-9-7-14(8-10-15)20-21-16(11-19-24-2)17(22)12-3-5-13(18)6-4-12/h3-11,20H,1-2H3. The Hall–Kier alpha value is -2.86. The number of nitrogens with zero attached hydrogens (tertiary/aromatic N) is 2. The van der Waals surface area contributed by atoms with Crippen molar-refractivity contribution in [1.82, 2.24) is 0 Å². The van der Waals surface area contributed by atoms with Gasteiger partial charge < -0.3 is 9.57 Å². The van der Waals surface area contributed by atoms with E-state index in [0.29, 0.717) is 16.3 Å². The van der Waals surface area contributed by atoms with E-state index in [1.54, 1.807) is 55.6 Å². The lowest BCUT2D eigenvalue weighted by atomic mass is 10.1. The zero-order valence-electron chi connectivity index (χ0n) is 13.2. The number of oxime groups is 1. The molecule has 0 aliphatic heterocycles. The first-order valence-electron chi connectivity index (χ1n) is 6.98. The quantitative estimate of drug-likeness (QED) is 0.472. The molecule has 0 saturated carbocycles. The van der Waals surface area contributed by atoms with E-state index < -0.39 is 0 Å². The van der Waals surface area contributed by atoms with E-state index >= 15 is 0 Å². The Kier molecular flexibility index (Phi) is 6.33. The lowest BCUT2D eigenvalue weighted by Crippen LogP contribution is -2.17. The van der Waals surface area contributed by atoms with E-state index in [2.05, 4.69) is 20.5 Å². The molecule has 0 radical (unpaired) electrons. The number of methoxy groups -OCH3 is 1. The van der Waals surface area contributed by atoms with Gasteiger partial charge in [-0.3, -0.25) is 10.2 Å². The molecule has 2 rings (SSSR count). The van der Waals surface area contributed by atoms with Crippen LogP contribution < -0.4 is 10.2 Å². The molecule has 7 heteroatoms. The molecule has 0 amide bonds. The van der Waals surface area contributed by atoms with Crippen molar-refractivity contribution in [3.05, 3.63) is 59.1 Å². The number of ether oxygens (including phenoxy) is 1. The fraction of sp³-hybridized carbons (Fsp3) is 0.118. The number of hydrogen-bond donors (Lipinski definition) is 1. The largest absolute Gasteiger partial charge is 0.497 e. The number of rotatable bonds is 7. The number of carbonyl (C=O) groups excluding carboxylic acids is 1. The molecule has 0 aliphatic rings. The normalized spacial score (nSPS) is 11.4. The van der Waals surface area contributed by atoms with E-state index in [1.165, 1.54) is 13.3 Å². The van der Waals surface area contributed by atoms with Crippen molar-refractivity contribution in [2.45, 2.75) is 0 Å². The molecular formula is C17H16ClN3O3. The highest BCUT2D eigenvalue weighted by Crippen LogP contribution is 2.15. The van der Waals surface area contributed by atoms with E-state index in [1.807, 2.05) is 0 Å². The van der Waals surface area contributed by atoms with Crippen molar-refractivity contribution in [2.24, 2.45) is 10.3 Å². The molecule has 24 heavy (non-hydrogen) atoms. The summed E-state index contributed by atoms with van der Waals surface area (Å²) < 4.78 is 5.09. The molecule has 0 aliphatic carbocycles. The van der Waals surface area contributed by atoms with Crippen LogP contribution in [0.1, 0.15) is 10.4 Å². The fourth-order valence-corrected chi connectivity index (χ4v) is 1.91. The maximum Gasteiger partial charge on any atom is 0.214 e. The van der Waals surface area contributed by atoms with Crippen LogP contribution in [0.3, 0.4) is 0 Å². The third-order valence-corrected chi connectivity index (χ3v) is 3.27. The van der Waals surface area contributed by atoms with E-state index in [-0.39, 0.29) is 11.5 Å². The third-order valence-electron chi connectivity index (χ3n) is 3.01. The van der Waals surface area contributed by atoms with Gasteiger partial charge in [0.1, 0.15) is 12.9 Å². The van der Waals surface area contributed by atoms with Gasteiger partial charge in [0.2, 0.25) is 5.78 Å². The van der Waals surface area contributed by atoms with Crippen molar-refractivity contribution in [3.8, 4) is 5.75 Å². The summed E-state index contributed by atoms with van der Waals surface area (Å²) >= 11 is 5.83.